The van der Waals surface area contributed by atoms with E-state index in [0.717, 1.165) is 24.0 Å². The normalized spacial score (nSPS) is 20.2. The van der Waals surface area contributed by atoms with E-state index in [4.69, 9.17) is 4.74 Å². The minimum Gasteiger partial charge on any atom is -0.468 e. The molecule has 1 aliphatic carbocycles. The molecule has 0 amide bonds. The van der Waals surface area contributed by atoms with Crippen molar-refractivity contribution < 1.29 is 9.53 Å². The van der Waals surface area contributed by atoms with Gasteiger partial charge in [0.2, 0.25) is 0 Å². The van der Waals surface area contributed by atoms with Gasteiger partial charge >= 0.3 is 5.97 Å². The Morgan fingerprint density at radius 2 is 2.12 bits per heavy atom. The SMILES string of the molecule is CCCNC(C)(CSC1CCCC1)C(=O)OC. The smallest absolute Gasteiger partial charge is 0.326 e. The van der Waals surface area contributed by atoms with E-state index in [1.807, 2.05) is 18.7 Å². The molecule has 1 atom stereocenters. The second-order valence-electron chi connectivity index (χ2n) is 4.97. The van der Waals surface area contributed by atoms with Gasteiger partial charge in [-0.3, -0.25) is 4.79 Å². The van der Waals surface area contributed by atoms with Crippen molar-refractivity contribution in [1.82, 2.24) is 5.32 Å². The van der Waals surface area contributed by atoms with Crippen LogP contribution in [0.15, 0.2) is 0 Å². The van der Waals surface area contributed by atoms with Gasteiger partial charge in [0, 0.05) is 11.0 Å². The zero-order chi connectivity index (χ0) is 12.7. The Morgan fingerprint density at radius 1 is 1.47 bits per heavy atom. The molecule has 0 bridgehead atoms. The summed E-state index contributed by atoms with van der Waals surface area (Å²) >= 11 is 1.92. The van der Waals surface area contributed by atoms with Crippen molar-refractivity contribution in [3.8, 4) is 0 Å². The van der Waals surface area contributed by atoms with Gasteiger partial charge in [0.15, 0.2) is 0 Å². The van der Waals surface area contributed by atoms with Crippen LogP contribution in [0.2, 0.25) is 0 Å². The van der Waals surface area contributed by atoms with Crippen LogP contribution in [-0.2, 0) is 9.53 Å². The molecule has 0 aromatic heterocycles. The van der Waals surface area contributed by atoms with Crippen molar-refractivity contribution in [3.63, 3.8) is 0 Å². The van der Waals surface area contributed by atoms with E-state index in [1.165, 1.54) is 32.8 Å². The van der Waals surface area contributed by atoms with Gasteiger partial charge in [-0.1, -0.05) is 19.8 Å². The predicted molar refractivity (Wildman–Crippen MR) is 73.4 cm³/mol. The summed E-state index contributed by atoms with van der Waals surface area (Å²) in [5, 5.41) is 4.06. The molecular formula is C13H25NO2S. The summed E-state index contributed by atoms with van der Waals surface area (Å²) < 4.78 is 4.91. The van der Waals surface area contributed by atoms with Gasteiger partial charge < -0.3 is 10.1 Å². The van der Waals surface area contributed by atoms with Crippen molar-refractivity contribution in [3.05, 3.63) is 0 Å². The summed E-state index contributed by atoms with van der Waals surface area (Å²) in [6.45, 7) is 4.92. The molecular weight excluding hydrogens is 234 g/mol. The molecule has 1 aliphatic rings. The molecule has 1 fully saturated rings. The van der Waals surface area contributed by atoms with Gasteiger partial charge in [-0.15, -0.1) is 0 Å². The number of esters is 1. The quantitative estimate of drug-likeness (QED) is 0.713. The summed E-state index contributed by atoms with van der Waals surface area (Å²) in [6.07, 6.45) is 6.32. The van der Waals surface area contributed by atoms with Crippen LogP contribution < -0.4 is 5.32 Å². The number of hydrogen-bond acceptors (Lipinski definition) is 4. The predicted octanol–water partition coefficient (Wildman–Crippen LogP) is 2.59. The van der Waals surface area contributed by atoms with Crippen LogP contribution in [0.3, 0.4) is 0 Å². The third kappa shape index (κ3) is 4.51. The first-order valence-corrected chi connectivity index (χ1v) is 7.62. The number of hydrogen-bond donors (Lipinski definition) is 1. The third-order valence-electron chi connectivity index (χ3n) is 3.31. The zero-order valence-electron chi connectivity index (χ0n) is 11.3. The molecule has 0 heterocycles. The summed E-state index contributed by atoms with van der Waals surface area (Å²) in [6, 6.07) is 0. The maximum Gasteiger partial charge on any atom is 0.326 e. The van der Waals surface area contributed by atoms with Crippen molar-refractivity contribution in [1.29, 1.82) is 0 Å². The van der Waals surface area contributed by atoms with E-state index in [1.54, 1.807) is 0 Å². The molecule has 0 saturated heterocycles. The van der Waals surface area contributed by atoms with Gasteiger partial charge in [0.25, 0.3) is 0 Å². The summed E-state index contributed by atoms with van der Waals surface area (Å²) in [5.74, 6) is 0.668. The van der Waals surface area contributed by atoms with E-state index in [-0.39, 0.29) is 5.97 Å². The number of nitrogens with one attached hydrogen (secondary N) is 1. The first kappa shape index (κ1) is 14.8. The van der Waals surface area contributed by atoms with E-state index in [0.29, 0.717) is 0 Å². The van der Waals surface area contributed by atoms with Crippen molar-refractivity contribution in [2.45, 2.75) is 56.7 Å². The highest BCUT2D eigenvalue weighted by atomic mass is 32.2. The zero-order valence-corrected chi connectivity index (χ0v) is 12.1. The molecule has 0 spiro atoms. The number of ether oxygens (including phenoxy) is 1. The van der Waals surface area contributed by atoms with E-state index >= 15 is 0 Å². The van der Waals surface area contributed by atoms with Gasteiger partial charge in [-0.2, -0.15) is 11.8 Å². The van der Waals surface area contributed by atoms with Gasteiger partial charge in [0.1, 0.15) is 5.54 Å². The van der Waals surface area contributed by atoms with Crippen LogP contribution in [0.25, 0.3) is 0 Å². The van der Waals surface area contributed by atoms with E-state index < -0.39 is 5.54 Å². The largest absolute Gasteiger partial charge is 0.468 e. The van der Waals surface area contributed by atoms with Crippen LogP contribution >= 0.6 is 11.8 Å². The Labute approximate surface area is 109 Å². The van der Waals surface area contributed by atoms with Gasteiger partial charge in [-0.25, -0.2) is 0 Å². The molecule has 0 radical (unpaired) electrons. The van der Waals surface area contributed by atoms with Crippen LogP contribution in [0.1, 0.15) is 46.0 Å². The lowest BCUT2D eigenvalue weighted by molar-refractivity contribution is -0.146. The number of rotatable bonds is 7. The Hall–Kier alpha value is -0.220. The highest BCUT2D eigenvalue weighted by molar-refractivity contribution is 8.00. The van der Waals surface area contributed by atoms with Crippen molar-refractivity contribution in [2.24, 2.45) is 0 Å². The van der Waals surface area contributed by atoms with Crippen LogP contribution in [0, 0.1) is 0 Å². The lowest BCUT2D eigenvalue weighted by Gasteiger charge is -2.28. The first-order valence-electron chi connectivity index (χ1n) is 6.57. The standard InChI is InChI=1S/C13H25NO2S/c1-4-9-14-13(2,12(15)16-3)10-17-11-7-5-6-8-11/h11,14H,4-10H2,1-3H3. The highest BCUT2D eigenvalue weighted by Crippen LogP contribution is 2.31. The molecule has 4 heteroatoms. The lowest BCUT2D eigenvalue weighted by Crippen LogP contribution is -2.52. The fourth-order valence-electron chi connectivity index (χ4n) is 2.15. The minimum atomic E-state index is -0.530. The molecule has 100 valence electrons. The summed E-state index contributed by atoms with van der Waals surface area (Å²) in [4.78, 5) is 11.8. The molecule has 1 rings (SSSR count). The van der Waals surface area contributed by atoms with Crippen LogP contribution in [-0.4, -0.2) is 36.2 Å². The Bertz CT molecular complexity index is 242. The average molecular weight is 259 g/mol. The molecule has 1 unspecified atom stereocenters. The molecule has 0 aromatic rings. The summed E-state index contributed by atoms with van der Waals surface area (Å²) in [7, 11) is 1.47. The average Bonchev–Trinajstić information content (AvgIpc) is 2.86. The fraction of sp³-hybridized carbons (Fsp3) is 0.923. The molecule has 0 aliphatic heterocycles. The second-order valence-corrected chi connectivity index (χ2v) is 6.26. The summed E-state index contributed by atoms with van der Waals surface area (Å²) in [5.41, 5.74) is -0.530. The van der Waals surface area contributed by atoms with E-state index in [9.17, 15) is 4.79 Å². The van der Waals surface area contributed by atoms with E-state index in [2.05, 4.69) is 12.2 Å². The van der Waals surface area contributed by atoms with Crippen molar-refractivity contribution >= 4 is 17.7 Å². The molecule has 1 N–H and O–H groups in total. The highest BCUT2D eigenvalue weighted by Gasteiger charge is 2.34. The second kappa shape index (κ2) is 7.27. The monoisotopic (exact) mass is 259 g/mol. The maximum absolute atomic E-state index is 11.8. The maximum atomic E-state index is 11.8. The number of thioether (sulfide) groups is 1. The number of carbonyl (C=O) groups is 1. The first-order chi connectivity index (χ1) is 8.12. The topological polar surface area (TPSA) is 38.3 Å². The Balaban J connectivity index is 2.46. The molecule has 17 heavy (non-hydrogen) atoms. The van der Waals surface area contributed by atoms with Gasteiger partial charge in [0.05, 0.1) is 7.11 Å². The number of carbonyl (C=O) groups excluding carboxylic acids is 1. The van der Waals surface area contributed by atoms with Crippen LogP contribution in [0.5, 0.6) is 0 Å². The van der Waals surface area contributed by atoms with Gasteiger partial charge in [-0.05, 0) is 32.7 Å². The molecule has 1 saturated carbocycles. The fourth-order valence-corrected chi connectivity index (χ4v) is 3.60. The minimum absolute atomic E-state index is 0.142. The Kier molecular flexibility index (Phi) is 6.34. The molecule has 3 nitrogen and oxygen atoms in total. The van der Waals surface area contributed by atoms with Crippen molar-refractivity contribution in [2.75, 3.05) is 19.4 Å². The Morgan fingerprint density at radius 3 is 2.65 bits per heavy atom. The molecule has 0 aromatic carbocycles. The lowest BCUT2D eigenvalue weighted by atomic mass is 10.1. The third-order valence-corrected chi connectivity index (χ3v) is 5.00. The van der Waals surface area contributed by atoms with Crippen LogP contribution in [0.4, 0.5) is 0 Å². The number of methoxy groups -OCH3 is 1.